The number of carbonyl (C=O) groups is 2. The van der Waals surface area contributed by atoms with Gasteiger partial charge in [-0.25, -0.2) is 0 Å². The Hall–Kier alpha value is -2.62. The van der Waals surface area contributed by atoms with E-state index < -0.39 is 5.97 Å². The van der Waals surface area contributed by atoms with Crippen molar-refractivity contribution in [3.63, 3.8) is 0 Å². The summed E-state index contributed by atoms with van der Waals surface area (Å²) in [5, 5.41) is 9.47. The highest BCUT2D eigenvalue weighted by Gasteiger charge is 2.17. The molecule has 0 aliphatic heterocycles. The molecule has 0 aliphatic carbocycles. The molecule has 102 valence electrons. The van der Waals surface area contributed by atoms with Crippen molar-refractivity contribution in [1.29, 1.82) is 0 Å². The smallest absolute Gasteiger partial charge is 0.310 e. The second-order valence-corrected chi connectivity index (χ2v) is 4.20. The van der Waals surface area contributed by atoms with Crippen LogP contribution in [-0.2, 0) is 4.79 Å². The average molecular weight is 270 g/mol. The molecule has 0 saturated carbocycles. The summed E-state index contributed by atoms with van der Waals surface area (Å²) in [4.78, 5) is 23.8. The van der Waals surface area contributed by atoms with E-state index in [0.717, 1.165) is 0 Å². The Balaban J connectivity index is 2.40. The molecule has 0 spiro atoms. The third kappa shape index (κ3) is 3.03. The van der Waals surface area contributed by atoms with Gasteiger partial charge in [-0.2, -0.15) is 0 Å². The number of hydrogen-bond acceptors (Lipinski definition) is 4. The molecule has 0 aliphatic rings. The molecule has 0 radical (unpaired) electrons. The largest absolute Gasteiger partial charge is 0.508 e. The van der Waals surface area contributed by atoms with Gasteiger partial charge in [-0.1, -0.05) is 37.3 Å². The second kappa shape index (κ2) is 6.02. The molecule has 0 saturated heterocycles. The summed E-state index contributed by atoms with van der Waals surface area (Å²) in [5.74, 6) is -0.707. The number of esters is 1. The van der Waals surface area contributed by atoms with Crippen molar-refractivity contribution in [2.45, 2.75) is 13.3 Å². The minimum absolute atomic E-state index is 0.0616. The minimum atomic E-state index is -0.460. The highest BCUT2D eigenvalue weighted by Crippen LogP contribution is 2.26. The van der Waals surface area contributed by atoms with Gasteiger partial charge in [-0.15, -0.1) is 0 Å². The highest BCUT2D eigenvalue weighted by molar-refractivity contribution is 6.11. The number of phenolic OH excluding ortho intramolecular Hbond substituents is 1. The Morgan fingerprint density at radius 2 is 1.80 bits per heavy atom. The van der Waals surface area contributed by atoms with E-state index >= 15 is 0 Å². The van der Waals surface area contributed by atoms with E-state index in [2.05, 4.69) is 0 Å². The van der Waals surface area contributed by atoms with Gasteiger partial charge in [0.2, 0.25) is 0 Å². The van der Waals surface area contributed by atoms with Crippen molar-refractivity contribution in [1.82, 2.24) is 0 Å². The molecule has 4 heteroatoms. The topological polar surface area (TPSA) is 63.6 Å². The molecule has 0 bridgehead atoms. The van der Waals surface area contributed by atoms with Crippen LogP contribution in [0.15, 0.2) is 48.5 Å². The average Bonchev–Trinajstić information content (AvgIpc) is 2.47. The van der Waals surface area contributed by atoms with E-state index in [1.54, 1.807) is 31.2 Å². The van der Waals surface area contributed by atoms with Gasteiger partial charge in [-0.3, -0.25) is 9.59 Å². The zero-order valence-corrected chi connectivity index (χ0v) is 11.0. The van der Waals surface area contributed by atoms with Gasteiger partial charge in [0.1, 0.15) is 11.5 Å². The van der Waals surface area contributed by atoms with Crippen molar-refractivity contribution in [3.8, 4) is 11.5 Å². The zero-order chi connectivity index (χ0) is 14.5. The number of carbonyl (C=O) groups excluding carboxylic acids is 2. The summed E-state index contributed by atoms with van der Waals surface area (Å²) in [7, 11) is 0. The number of hydrogen-bond donors (Lipinski definition) is 1. The monoisotopic (exact) mass is 270 g/mol. The van der Waals surface area contributed by atoms with Gasteiger partial charge >= 0.3 is 5.97 Å². The van der Waals surface area contributed by atoms with E-state index in [1.165, 1.54) is 18.2 Å². The first kappa shape index (κ1) is 13.8. The molecule has 0 atom stereocenters. The Morgan fingerprint density at radius 3 is 2.45 bits per heavy atom. The molecule has 0 heterocycles. The van der Waals surface area contributed by atoms with Gasteiger partial charge in [0.25, 0.3) is 0 Å². The predicted octanol–water partition coefficient (Wildman–Crippen LogP) is 2.94. The van der Waals surface area contributed by atoms with E-state index in [4.69, 9.17) is 4.74 Å². The van der Waals surface area contributed by atoms with E-state index in [1.807, 2.05) is 6.07 Å². The lowest BCUT2D eigenvalue weighted by Gasteiger charge is -2.09. The van der Waals surface area contributed by atoms with E-state index in [-0.39, 0.29) is 29.3 Å². The van der Waals surface area contributed by atoms with E-state index in [0.29, 0.717) is 5.56 Å². The Bertz CT molecular complexity index is 632. The number of ketones is 1. The molecule has 0 unspecified atom stereocenters. The summed E-state index contributed by atoms with van der Waals surface area (Å²) in [6, 6.07) is 12.8. The molecule has 1 N–H and O–H groups in total. The van der Waals surface area contributed by atoms with Crippen LogP contribution < -0.4 is 4.74 Å². The Morgan fingerprint density at radius 1 is 1.10 bits per heavy atom. The Kier molecular flexibility index (Phi) is 4.15. The number of benzene rings is 2. The predicted molar refractivity (Wildman–Crippen MR) is 73.9 cm³/mol. The minimum Gasteiger partial charge on any atom is -0.508 e. The molecular formula is C16H14O4. The lowest BCUT2D eigenvalue weighted by Crippen LogP contribution is -2.10. The van der Waals surface area contributed by atoms with Crippen LogP contribution in [0.25, 0.3) is 0 Å². The van der Waals surface area contributed by atoms with Crippen molar-refractivity contribution in [2.24, 2.45) is 0 Å². The molecule has 2 rings (SSSR count). The fourth-order valence-electron chi connectivity index (χ4n) is 1.72. The molecule has 0 amide bonds. The highest BCUT2D eigenvalue weighted by atomic mass is 16.5. The Labute approximate surface area is 116 Å². The van der Waals surface area contributed by atoms with Crippen LogP contribution >= 0.6 is 0 Å². The fraction of sp³-hybridized carbons (Fsp3) is 0.125. The lowest BCUT2D eigenvalue weighted by molar-refractivity contribution is -0.134. The third-order valence-corrected chi connectivity index (χ3v) is 2.76. The first-order valence-corrected chi connectivity index (χ1v) is 6.25. The number of phenols is 1. The summed E-state index contributed by atoms with van der Waals surface area (Å²) >= 11 is 0. The molecule has 2 aromatic rings. The third-order valence-electron chi connectivity index (χ3n) is 2.76. The molecule has 0 fully saturated rings. The van der Waals surface area contributed by atoms with Crippen LogP contribution in [0.4, 0.5) is 0 Å². The standard InChI is InChI=1S/C16H14O4/c1-2-15(18)20-14-10-12(17)8-9-13(14)16(19)11-6-4-3-5-7-11/h3-10,17H,2H2,1H3. The van der Waals surface area contributed by atoms with Crippen LogP contribution in [0.1, 0.15) is 29.3 Å². The molecular weight excluding hydrogens is 256 g/mol. The van der Waals surface area contributed by atoms with Crippen molar-refractivity contribution in [3.05, 3.63) is 59.7 Å². The van der Waals surface area contributed by atoms with Gasteiger partial charge in [0.15, 0.2) is 5.78 Å². The summed E-state index contributed by atoms with van der Waals surface area (Å²) in [6.07, 6.45) is 0.189. The molecule has 0 aromatic heterocycles. The summed E-state index contributed by atoms with van der Waals surface area (Å²) in [6.45, 7) is 1.66. The maximum Gasteiger partial charge on any atom is 0.310 e. The summed E-state index contributed by atoms with van der Waals surface area (Å²) in [5.41, 5.74) is 0.739. The van der Waals surface area contributed by atoms with Gasteiger partial charge < -0.3 is 9.84 Å². The number of aromatic hydroxyl groups is 1. The molecule has 2 aromatic carbocycles. The zero-order valence-electron chi connectivity index (χ0n) is 11.0. The normalized spacial score (nSPS) is 10.1. The van der Waals surface area contributed by atoms with Crippen molar-refractivity contribution < 1.29 is 19.4 Å². The van der Waals surface area contributed by atoms with Crippen LogP contribution in [-0.4, -0.2) is 16.9 Å². The van der Waals surface area contributed by atoms with Crippen LogP contribution in [0.5, 0.6) is 11.5 Å². The maximum atomic E-state index is 12.4. The molecule has 4 nitrogen and oxygen atoms in total. The van der Waals surface area contributed by atoms with Crippen molar-refractivity contribution >= 4 is 11.8 Å². The first-order chi connectivity index (χ1) is 9.61. The number of ether oxygens (including phenoxy) is 1. The lowest BCUT2D eigenvalue weighted by atomic mass is 10.0. The summed E-state index contributed by atoms with van der Waals surface area (Å²) < 4.78 is 5.10. The maximum absolute atomic E-state index is 12.4. The van der Waals surface area contributed by atoms with Gasteiger partial charge in [-0.05, 0) is 12.1 Å². The van der Waals surface area contributed by atoms with E-state index in [9.17, 15) is 14.7 Å². The second-order valence-electron chi connectivity index (χ2n) is 4.20. The molecule has 20 heavy (non-hydrogen) atoms. The van der Waals surface area contributed by atoms with Crippen LogP contribution in [0, 0.1) is 0 Å². The van der Waals surface area contributed by atoms with Gasteiger partial charge in [0, 0.05) is 18.1 Å². The number of rotatable bonds is 4. The SMILES string of the molecule is CCC(=O)Oc1cc(O)ccc1C(=O)c1ccccc1. The van der Waals surface area contributed by atoms with Gasteiger partial charge in [0.05, 0.1) is 5.56 Å². The van der Waals surface area contributed by atoms with Crippen molar-refractivity contribution in [2.75, 3.05) is 0 Å². The quantitative estimate of drug-likeness (QED) is 0.527. The fourth-order valence-corrected chi connectivity index (χ4v) is 1.72. The van der Waals surface area contributed by atoms with Crippen LogP contribution in [0.2, 0.25) is 0 Å². The van der Waals surface area contributed by atoms with Crippen LogP contribution in [0.3, 0.4) is 0 Å². The first-order valence-electron chi connectivity index (χ1n) is 6.25.